The van der Waals surface area contributed by atoms with Crippen molar-refractivity contribution < 1.29 is 27.7 Å². The van der Waals surface area contributed by atoms with E-state index in [0.717, 1.165) is 11.1 Å². The van der Waals surface area contributed by atoms with Crippen LogP contribution in [0.25, 0.3) is 0 Å². The summed E-state index contributed by atoms with van der Waals surface area (Å²) in [6, 6.07) is 36.4. The third-order valence-electron chi connectivity index (χ3n) is 6.03. The first kappa shape index (κ1) is 23.9. The number of hydrogen-bond donors (Lipinski definition) is 0. The van der Waals surface area contributed by atoms with E-state index in [4.69, 9.17) is 18.3 Å². The summed E-state index contributed by atoms with van der Waals surface area (Å²) in [7, 11) is -4.11. The maximum atomic E-state index is 13.7. The van der Waals surface area contributed by atoms with Crippen molar-refractivity contribution >= 4 is 13.8 Å². The molecular formula is C29H25O6P. The average Bonchev–Trinajstić information content (AvgIpc) is 3.27. The van der Waals surface area contributed by atoms with Gasteiger partial charge in [-0.15, -0.1) is 0 Å². The maximum Gasteiger partial charge on any atom is 0.587 e. The molecule has 1 aliphatic rings. The maximum absolute atomic E-state index is 13.7. The summed E-state index contributed by atoms with van der Waals surface area (Å²) >= 11 is 0. The number of carbonyl (C=O) groups is 1. The summed E-state index contributed by atoms with van der Waals surface area (Å²) in [5, 5.41) is 0. The Labute approximate surface area is 210 Å². The first-order valence-electron chi connectivity index (χ1n) is 11.6. The third kappa shape index (κ3) is 5.06. The molecule has 36 heavy (non-hydrogen) atoms. The van der Waals surface area contributed by atoms with Crippen LogP contribution in [-0.4, -0.2) is 18.7 Å². The van der Waals surface area contributed by atoms with E-state index in [9.17, 15) is 9.36 Å². The number of hydrogen-bond acceptors (Lipinski definition) is 6. The number of cyclic esters (lactones) is 1. The van der Waals surface area contributed by atoms with Gasteiger partial charge in [-0.3, -0.25) is 9.32 Å². The lowest BCUT2D eigenvalue weighted by Gasteiger charge is -2.26. The van der Waals surface area contributed by atoms with Crippen molar-refractivity contribution in [2.24, 2.45) is 0 Å². The van der Waals surface area contributed by atoms with Crippen molar-refractivity contribution in [1.82, 2.24) is 0 Å². The molecule has 5 rings (SSSR count). The highest BCUT2D eigenvalue weighted by molar-refractivity contribution is 7.49. The molecule has 1 atom stereocenters. The van der Waals surface area contributed by atoms with E-state index in [1.165, 1.54) is 0 Å². The van der Waals surface area contributed by atoms with E-state index in [1.807, 2.05) is 72.8 Å². The molecule has 4 aromatic carbocycles. The molecule has 7 heteroatoms. The third-order valence-corrected chi connectivity index (χ3v) is 7.36. The van der Waals surface area contributed by atoms with Gasteiger partial charge < -0.3 is 13.8 Å². The second kappa shape index (κ2) is 10.4. The molecule has 0 N–H and O–H groups in total. The highest BCUT2D eigenvalue weighted by Crippen LogP contribution is 2.51. The predicted octanol–water partition coefficient (Wildman–Crippen LogP) is 6.57. The second-order valence-corrected chi connectivity index (χ2v) is 9.94. The second-order valence-electron chi connectivity index (χ2n) is 8.42. The lowest BCUT2D eigenvalue weighted by Crippen LogP contribution is -2.33. The molecule has 1 fully saturated rings. The number of phosphoric acid groups is 1. The largest absolute Gasteiger partial charge is 0.587 e. The lowest BCUT2D eigenvalue weighted by molar-refractivity contribution is -0.145. The molecule has 182 valence electrons. The van der Waals surface area contributed by atoms with E-state index in [2.05, 4.69) is 0 Å². The van der Waals surface area contributed by atoms with Gasteiger partial charge >= 0.3 is 13.8 Å². The van der Waals surface area contributed by atoms with Crippen LogP contribution in [0.4, 0.5) is 0 Å². The molecule has 0 spiro atoms. The van der Waals surface area contributed by atoms with Gasteiger partial charge in [0.05, 0.1) is 6.61 Å². The van der Waals surface area contributed by atoms with Crippen molar-refractivity contribution in [3.63, 3.8) is 0 Å². The monoisotopic (exact) mass is 500 g/mol. The van der Waals surface area contributed by atoms with Crippen molar-refractivity contribution in [2.75, 3.05) is 6.61 Å². The quantitative estimate of drug-likeness (QED) is 0.191. The predicted molar refractivity (Wildman–Crippen MR) is 136 cm³/mol. The molecule has 1 heterocycles. The van der Waals surface area contributed by atoms with Crippen LogP contribution < -0.4 is 9.05 Å². The number of benzene rings is 4. The van der Waals surface area contributed by atoms with E-state index in [1.54, 1.807) is 48.5 Å². The fourth-order valence-corrected chi connectivity index (χ4v) is 5.61. The Bertz CT molecular complexity index is 1240. The van der Waals surface area contributed by atoms with Gasteiger partial charge in [-0.1, -0.05) is 97.1 Å². The van der Waals surface area contributed by atoms with Crippen LogP contribution in [0.15, 0.2) is 121 Å². The standard InChI is InChI=1S/C29H25O6P/c30-28-29(23-13-5-1-6-14-23,24-15-7-2-8-16-24)21-27(33-28)22-32-36(31,34-25-17-9-3-10-18-25)35-26-19-11-4-12-20-26/h1-20,27H,21-22H2/t27-/m0/s1. The van der Waals surface area contributed by atoms with Crippen molar-refractivity contribution in [3.05, 3.63) is 132 Å². The van der Waals surface area contributed by atoms with E-state index in [-0.39, 0.29) is 12.6 Å². The Morgan fingerprint density at radius 1 is 0.694 bits per heavy atom. The van der Waals surface area contributed by atoms with Gasteiger partial charge in [0, 0.05) is 6.42 Å². The molecule has 0 aromatic heterocycles. The molecule has 0 bridgehead atoms. The van der Waals surface area contributed by atoms with Crippen LogP contribution in [0.2, 0.25) is 0 Å². The summed E-state index contributed by atoms with van der Waals surface area (Å²) in [5.41, 5.74) is 0.655. The van der Waals surface area contributed by atoms with Crippen LogP contribution in [0, 0.1) is 0 Å². The topological polar surface area (TPSA) is 71.1 Å². The molecule has 0 radical (unpaired) electrons. The highest BCUT2D eigenvalue weighted by atomic mass is 31.2. The van der Waals surface area contributed by atoms with Crippen molar-refractivity contribution in [2.45, 2.75) is 17.9 Å². The molecule has 6 nitrogen and oxygen atoms in total. The minimum Gasteiger partial charge on any atom is -0.459 e. The van der Waals surface area contributed by atoms with Crippen LogP contribution in [0.5, 0.6) is 11.5 Å². The van der Waals surface area contributed by atoms with E-state index in [0.29, 0.717) is 17.9 Å². The minimum absolute atomic E-state index is 0.163. The number of esters is 1. The van der Waals surface area contributed by atoms with Crippen LogP contribution >= 0.6 is 7.82 Å². The van der Waals surface area contributed by atoms with Gasteiger partial charge in [0.1, 0.15) is 23.0 Å². The molecule has 0 aliphatic carbocycles. The van der Waals surface area contributed by atoms with Gasteiger partial charge in [-0.25, -0.2) is 4.57 Å². The lowest BCUT2D eigenvalue weighted by atomic mass is 9.72. The molecular weight excluding hydrogens is 475 g/mol. The molecule has 0 unspecified atom stereocenters. The number of carbonyl (C=O) groups excluding carboxylic acids is 1. The molecule has 0 amide bonds. The van der Waals surface area contributed by atoms with Gasteiger partial charge in [0.15, 0.2) is 0 Å². The fourth-order valence-electron chi connectivity index (χ4n) is 4.36. The normalized spacial score (nSPS) is 16.8. The summed E-state index contributed by atoms with van der Waals surface area (Å²) < 4.78 is 36.6. The van der Waals surface area contributed by atoms with Gasteiger partial charge in [-0.2, -0.15) is 0 Å². The first-order valence-corrected chi connectivity index (χ1v) is 13.1. The van der Waals surface area contributed by atoms with E-state index < -0.39 is 19.3 Å². The minimum atomic E-state index is -4.11. The van der Waals surface area contributed by atoms with Gasteiger partial charge in [0.25, 0.3) is 0 Å². The van der Waals surface area contributed by atoms with Crippen LogP contribution in [0.3, 0.4) is 0 Å². The highest BCUT2D eigenvalue weighted by Gasteiger charge is 2.52. The fraction of sp³-hybridized carbons (Fsp3) is 0.138. The Hall–Kier alpha value is -3.86. The van der Waals surface area contributed by atoms with Crippen LogP contribution in [-0.2, 0) is 24.0 Å². The molecule has 1 saturated heterocycles. The zero-order valence-electron chi connectivity index (χ0n) is 19.4. The summed E-state index contributed by atoms with van der Waals surface area (Å²) in [6.45, 7) is -0.163. The SMILES string of the molecule is O=C1O[C@H](COP(=O)(Oc2ccccc2)Oc2ccccc2)CC1(c1ccccc1)c1ccccc1. The Kier molecular flexibility index (Phi) is 6.90. The Morgan fingerprint density at radius 3 is 1.56 bits per heavy atom. The summed E-state index contributed by atoms with van der Waals surface area (Å²) in [4.78, 5) is 13.4. The number of rotatable bonds is 9. The summed E-state index contributed by atoms with van der Waals surface area (Å²) in [5.74, 6) is 0.294. The van der Waals surface area contributed by atoms with Gasteiger partial charge in [-0.05, 0) is 35.4 Å². The molecule has 4 aromatic rings. The number of ether oxygens (including phenoxy) is 1. The molecule has 0 saturated carbocycles. The van der Waals surface area contributed by atoms with Gasteiger partial charge in [0.2, 0.25) is 0 Å². The van der Waals surface area contributed by atoms with E-state index >= 15 is 0 Å². The Balaban J connectivity index is 1.40. The zero-order chi connectivity index (χ0) is 24.8. The summed E-state index contributed by atoms with van der Waals surface area (Å²) in [6.07, 6.45) is -0.346. The molecule has 1 aliphatic heterocycles. The number of para-hydroxylation sites is 2. The van der Waals surface area contributed by atoms with Crippen LogP contribution in [0.1, 0.15) is 17.5 Å². The number of phosphoric ester groups is 1. The van der Waals surface area contributed by atoms with Crippen molar-refractivity contribution in [1.29, 1.82) is 0 Å². The Morgan fingerprint density at radius 2 is 1.11 bits per heavy atom. The smallest absolute Gasteiger partial charge is 0.459 e. The zero-order valence-corrected chi connectivity index (χ0v) is 20.3. The average molecular weight is 500 g/mol. The van der Waals surface area contributed by atoms with Crippen molar-refractivity contribution in [3.8, 4) is 11.5 Å². The first-order chi connectivity index (χ1) is 17.6.